The lowest BCUT2D eigenvalue weighted by atomic mass is 9.94. The van der Waals surface area contributed by atoms with Crippen LogP contribution in [0.1, 0.15) is 19.4 Å². The summed E-state index contributed by atoms with van der Waals surface area (Å²) in [5.74, 6) is 1.20. The lowest BCUT2D eigenvalue weighted by Crippen LogP contribution is -2.44. The highest BCUT2D eigenvalue weighted by atomic mass is 16.6. The van der Waals surface area contributed by atoms with Crippen molar-refractivity contribution in [3.8, 4) is 0 Å². The van der Waals surface area contributed by atoms with Gasteiger partial charge in [0.2, 0.25) is 0 Å². The van der Waals surface area contributed by atoms with Crippen LogP contribution in [0.25, 0.3) is 0 Å². The van der Waals surface area contributed by atoms with Gasteiger partial charge in [0.05, 0.1) is 18.8 Å². The topological polar surface area (TPSA) is 123 Å². The summed E-state index contributed by atoms with van der Waals surface area (Å²) in [7, 11) is 0. The Morgan fingerprint density at radius 1 is 1.21 bits per heavy atom. The van der Waals surface area contributed by atoms with E-state index < -0.39 is 24.5 Å². The van der Waals surface area contributed by atoms with Crippen LogP contribution in [0.4, 0.5) is 17.3 Å². The molecule has 0 radical (unpaired) electrons. The summed E-state index contributed by atoms with van der Waals surface area (Å²) in [5.41, 5.74) is 1.44. The van der Waals surface area contributed by atoms with Gasteiger partial charge in [-0.3, -0.25) is 0 Å². The molecule has 3 heterocycles. The molecule has 4 rings (SSSR count). The Kier molecular flexibility index (Phi) is 4.84. The molecular formula is C19H25N5O4. The average Bonchev–Trinajstić information content (AvgIpc) is 3.24. The Balaban J connectivity index is 1.60. The fourth-order valence-electron chi connectivity index (χ4n) is 3.66. The Morgan fingerprint density at radius 2 is 1.96 bits per heavy atom. The maximum Gasteiger partial charge on any atom is 0.162 e. The SMILES string of the molecule is CC(C)(Nc1ncnc2c1NCN2[C@@H]1O[C@H](CO)[C@@H](O)[C@H]1O)c1ccccc1. The third-order valence-electron chi connectivity index (χ3n) is 5.28. The fraction of sp³-hybridized carbons (Fsp3) is 0.474. The summed E-state index contributed by atoms with van der Waals surface area (Å²) in [6, 6.07) is 10.1. The van der Waals surface area contributed by atoms with E-state index in [0.29, 0.717) is 24.0 Å². The summed E-state index contributed by atoms with van der Waals surface area (Å²) in [4.78, 5) is 10.4. The highest BCUT2D eigenvalue weighted by molar-refractivity contribution is 5.81. The zero-order chi connectivity index (χ0) is 19.9. The van der Waals surface area contributed by atoms with Crippen molar-refractivity contribution in [1.82, 2.24) is 9.97 Å². The molecule has 150 valence electrons. The molecule has 5 N–H and O–H groups in total. The zero-order valence-corrected chi connectivity index (χ0v) is 15.8. The molecule has 2 aliphatic rings. The standard InChI is InChI=1S/C19H25N5O4/c1-19(2,11-6-4-3-5-7-11)23-16-13-17(21-9-20-16)24(10-22-13)18-15(27)14(26)12(8-25)28-18/h3-7,9,12,14-15,18,22,25-27H,8,10H2,1-2H3,(H,20,21,23)/t12-,14-,15-,18-/m1/s1. The van der Waals surface area contributed by atoms with Gasteiger partial charge in [-0.2, -0.15) is 0 Å². The quantitative estimate of drug-likeness (QED) is 0.498. The van der Waals surface area contributed by atoms with Crippen LogP contribution in [0.15, 0.2) is 36.7 Å². The molecule has 0 unspecified atom stereocenters. The molecule has 1 aromatic heterocycles. The number of fused-ring (bicyclic) bond motifs is 1. The largest absolute Gasteiger partial charge is 0.394 e. The van der Waals surface area contributed by atoms with E-state index in [4.69, 9.17) is 4.74 Å². The monoisotopic (exact) mass is 387 g/mol. The van der Waals surface area contributed by atoms with Gasteiger partial charge >= 0.3 is 0 Å². The fourth-order valence-corrected chi connectivity index (χ4v) is 3.66. The molecule has 1 aromatic carbocycles. The van der Waals surface area contributed by atoms with Gasteiger partial charge in [-0.1, -0.05) is 30.3 Å². The van der Waals surface area contributed by atoms with Crippen LogP contribution in [0.5, 0.6) is 0 Å². The van der Waals surface area contributed by atoms with E-state index in [-0.39, 0.29) is 12.1 Å². The molecule has 0 saturated carbocycles. The van der Waals surface area contributed by atoms with Crippen molar-refractivity contribution in [2.75, 3.05) is 28.8 Å². The number of hydrogen-bond donors (Lipinski definition) is 5. The molecule has 0 amide bonds. The Hall–Kier alpha value is -2.46. The van der Waals surface area contributed by atoms with Crippen molar-refractivity contribution in [3.05, 3.63) is 42.2 Å². The Labute approximate surface area is 163 Å². The number of nitrogens with zero attached hydrogens (tertiary/aromatic N) is 3. The van der Waals surface area contributed by atoms with E-state index in [1.807, 2.05) is 30.3 Å². The van der Waals surface area contributed by atoms with Crippen molar-refractivity contribution < 1.29 is 20.1 Å². The van der Waals surface area contributed by atoms with Crippen LogP contribution >= 0.6 is 0 Å². The number of ether oxygens (including phenoxy) is 1. The molecular weight excluding hydrogens is 362 g/mol. The lowest BCUT2D eigenvalue weighted by Gasteiger charge is -2.29. The van der Waals surface area contributed by atoms with Gasteiger partial charge in [-0.25, -0.2) is 9.97 Å². The van der Waals surface area contributed by atoms with Gasteiger partial charge in [-0.15, -0.1) is 0 Å². The normalized spacial score (nSPS) is 26.8. The van der Waals surface area contributed by atoms with Gasteiger partial charge in [0, 0.05) is 0 Å². The minimum absolute atomic E-state index is 0.334. The first-order valence-electron chi connectivity index (χ1n) is 9.24. The summed E-state index contributed by atoms with van der Waals surface area (Å²) in [6.45, 7) is 4.09. The van der Waals surface area contributed by atoms with Crippen LogP contribution < -0.4 is 15.5 Å². The highest BCUT2D eigenvalue weighted by Crippen LogP contribution is 2.40. The molecule has 2 aliphatic heterocycles. The molecule has 9 nitrogen and oxygen atoms in total. The first-order valence-corrected chi connectivity index (χ1v) is 9.24. The van der Waals surface area contributed by atoms with E-state index in [1.165, 1.54) is 6.33 Å². The number of benzene rings is 1. The number of aliphatic hydroxyl groups is 3. The smallest absolute Gasteiger partial charge is 0.162 e. The predicted octanol–water partition coefficient (Wildman–Crippen LogP) is 0.452. The van der Waals surface area contributed by atoms with E-state index in [1.54, 1.807) is 4.90 Å². The molecule has 1 fully saturated rings. The number of nitrogens with one attached hydrogen (secondary N) is 2. The van der Waals surface area contributed by atoms with Crippen molar-refractivity contribution in [3.63, 3.8) is 0 Å². The summed E-state index contributed by atoms with van der Waals surface area (Å²) < 4.78 is 5.64. The van der Waals surface area contributed by atoms with Crippen LogP contribution in [-0.2, 0) is 10.3 Å². The molecule has 2 aromatic rings. The molecule has 0 spiro atoms. The van der Waals surface area contributed by atoms with E-state index in [9.17, 15) is 15.3 Å². The third kappa shape index (κ3) is 3.16. The number of anilines is 3. The van der Waals surface area contributed by atoms with Crippen molar-refractivity contribution in [2.45, 2.75) is 43.9 Å². The second kappa shape index (κ2) is 7.17. The minimum Gasteiger partial charge on any atom is -0.394 e. The second-order valence-corrected chi connectivity index (χ2v) is 7.57. The molecule has 0 aliphatic carbocycles. The van der Waals surface area contributed by atoms with Crippen LogP contribution in [-0.4, -0.2) is 63.1 Å². The van der Waals surface area contributed by atoms with Crippen molar-refractivity contribution in [1.29, 1.82) is 0 Å². The van der Waals surface area contributed by atoms with Crippen LogP contribution in [0.3, 0.4) is 0 Å². The highest BCUT2D eigenvalue weighted by Gasteiger charge is 2.47. The maximum atomic E-state index is 10.3. The van der Waals surface area contributed by atoms with Gasteiger partial charge in [-0.05, 0) is 19.4 Å². The van der Waals surface area contributed by atoms with E-state index in [0.717, 1.165) is 5.56 Å². The van der Waals surface area contributed by atoms with Gasteiger partial charge in [0.1, 0.15) is 30.3 Å². The van der Waals surface area contributed by atoms with Gasteiger partial charge in [0.25, 0.3) is 0 Å². The molecule has 0 bridgehead atoms. The molecule has 9 heteroatoms. The second-order valence-electron chi connectivity index (χ2n) is 7.57. The number of rotatable bonds is 5. The first kappa shape index (κ1) is 18.9. The molecule has 28 heavy (non-hydrogen) atoms. The summed E-state index contributed by atoms with van der Waals surface area (Å²) in [5, 5.41) is 36.4. The van der Waals surface area contributed by atoms with E-state index in [2.05, 4.69) is 34.4 Å². The van der Waals surface area contributed by atoms with Crippen molar-refractivity contribution >= 4 is 17.3 Å². The van der Waals surface area contributed by atoms with Gasteiger partial charge < -0.3 is 35.6 Å². The lowest BCUT2D eigenvalue weighted by molar-refractivity contribution is -0.0219. The minimum atomic E-state index is -1.16. The first-order chi connectivity index (χ1) is 13.4. The zero-order valence-electron chi connectivity index (χ0n) is 15.8. The number of aliphatic hydroxyl groups excluding tert-OH is 3. The summed E-state index contributed by atoms with van der Waals surface area (Å²) in [6.07, 6.45) is -2.51. The van der Waals surface area contributed by atoms with E-state index >= 15 is 0 Å². The number of hydrogen-bond acceptors (Lipinski definition) is 9. The van der Waals surface area contributed by atoms with Crippen molar-refractivity contribution in [2.24, 2.45) is 0 Å². The Bertz CT molecular complexity index is 834. The van der Waals surface area contributed by atoms with Crippen LogP contribution in [0.2, 0.25) is 0 Å². The third-order valence-corrected chi connectivity index (χ3v) is 5.28. The van der Waals surface area contributed by atoms with Gasteiger partial charge in [0.15, 0.2) is 17.9 Å². The maximum absolute atomic E-state index is 10.3. The molecule has 1 saturated heterocycles. The Morgan fingerprint density at radius 3 is 2.64 bits per heavy atom. The number of aromatic nitrogens is 2. The predicted molar refractivity (Wildman–Crippen MR) is 104 cm³/mol. The summed E-state index contributed by atoms with van der Waals surface area (Å²) >= 11 is 0. The average molecular weight is 387 g/mol. The molecule has 4 atom stereocenters. The van der Waals surface area contributed by atoms with Crippen LogP contribution in [0, 0.1) is 0 Å².